The lowest BCUT2D eigenvalue weighted by Gasteiger charge is -2.09. The fourth-order valence-corrected chi connectivity index (χ4v) is 4.01. The van der Waals surface area contributed by atoms with Crippen LogP contribution in [0.3, 0.4) is 0 Å². The Hall–Kier alpha value is -6.36. The molecule has 0 heterocycles. The minimum atomic E-state index is -1.20. The Kier molecular flexibility index (Phi) is 14.8. The van der Waals surface area contributed by atoms with E-state index in [1.54, 1.807) is 24.3 Å². The third-order valence-corrected chi connectivity index (χ3v) is 6.58. The summed E-state index contributed by atoms with van der Waals surface area (Å²) < 4.78 is 36.7. The van der Waals surface area contributed by atoms with Crippen molar-refractivity contribution in [1.29, 1.82) is 0 Å². The second-order valence-corrected chi connectivity index (χ2v) is 9.82. The van der Waals surface area contributed by atoms with E-state index in [0.717, 1.165) is 24.3 Å². The van der Waals surface area contributed by atoms with Crippen LogP contribution in [-0.2, 0) is 12.8 Å². The first kappa shape index (κ1) is 38.8. The van der Waals surface area contributed by atoms with Gasteiger partial charge in [0.2, 0.25) is 0 Å². The van der Waals surface area contributed by atoms with E-state index in [-0.39, 0.29) is 52.7 Å². The number of nitrogens with one attached hydrogen (secondary N) is 1. The maximum Gasteiger partial charge on any atom is 0.337 e. The number of carboxylic acid groups (broad SMARTS) is 1. The standard InChI is InChI=1S/C16H16FN3O4.C9H12FNO.C7H6N2O4/c1-24-12-4-2-10(14(17)9-12)6-7-19-16(21)13-5-3-11(20(22)23)8-15(13)18;1-12-8-3-2-7(4-5-11)9(10)6-8;8-6-3-4(9(12)13)1-2-5(6)7(10)11/h2-5,8-9H,6-7,18H2,1H3,(H,19,21);2-3,6H,4-5,11H2,1H3;1-3H,8H2,(H,10,11). The summed E-state index contributed by atoms with van der Waals surface area (Å²) in [6.07, 6.45) is 0.851. The van der Waals surface area contributed by atoms with Gasteiger partial charge in [0.15, 0.2) is 0 Å². The van der Waals surface area contributed by atoms with Crippen LogP contribution in [0.4, 0.5) is 31.5 Å². The second kappa shape index (κ2) is 18.7. The Morgan fingerprint density at radius 3 is 1.57 bits per heavy atom. The number of rotatable bonds is 11. The lowest BCUT2D eigenvalue weighted by molar-refractivity contribution is -0.385. The topological polar surface area (TPSA) is 249 Å². The van der Waals surface area contributed by atoms with E-state index in [2.05, 4.69) is 5.32 Å². The maximum atomic E-state index is 13.8. The number of nitrogens with two attached hydrogens (primary N) is 3. The van der Waals surface area contributed by atoms with Gasteiger partial charge in [-0.25, -0.2) is 13.6 Å². The second-order valence-electron chi connectivity index (χ2n) is 9.82. The van der Waals surface area contributed by atoms with Crippen molar-refractivity contribution >= 4 is 34.6 Å². The molecule has 0 bridgehead atoms. The molecule has 0 aliphatic rings. The Labute approximate surface area is 278 Å². The zero-order chi connectivity index (χ0) is 36.7. The number of nitrogens with zero attached hydrogens (tertiary/aromatic N) is 2. The van der Waals surface area contributed by atoms with E-state index < -0.39 is 27.5 Å². The average Bonchev–Trinajstić information content (AvgIpc) is 3.06. The molecule has 4 rings (SSSR count). The van der Waals surface area contributed by atoms with Crippen molar-refractivity contribution in [3.05, 3.63) is 127 Å². The molecule has 0 spiro atoms. The summed E-state index contributed by atoms with van der Waals surface area (Å²) in [4.78, 5) is 42.2. The quantitative estimate of drug-likeness (QED) is 0.0832. The fourth-order valence-electron chi connectivity index (χ4n) is 4.01. The first-order chi connectivity index (χ1) is 23.2. The first-order valence-electron chi connectivity index (χ1n) is 14.2. The van der Waals surface area contributed by atoms with Crippen molar-refractivity contribution in [1.82, 2.24) is 5.32 Å². The molecule has 15 nitrogen and oxygen atoms in total. The zero-order valence-corrected chi connectivity index (χ0v) is 26.4. The molecule has 0 unspecified atom stereocenters. The van der Waals surface area contributed by atoms with E-state index in [1.165, 1.54) is 38.5 Å². The van der Waals surface area contributed by atoms with E-state index in [1.807, 2.05) is 0 Å². The number of amides is 1. The van der Waals surface area contributed by atoms with Gasteiger partial charge in [0.1, 0.15) is 23.1 Å². The van der Waals surface area contributed by atoms with Gasteiger partial charge in [-0.3, -0.25) is 25.0 Å². The molecule has 0 saturated carbocycles. The molecule has 17 heteroatoms. The number of methoxy groups -OCH3 is 2. The molecule has 0 fully saturated rings. The number of ether oxygens (including phenoxy) is 2. The number of halogens is 2. The molecule has 49 heavy (non-hydrogen) atoms. The predicted octanol–water partition coefficient (Wildman–Crippen LogP) is 4.51. The average molecular weight is 685 g/mol. The molecule has 0 atom stereocenters. The van der Waals surface area contributed by atoms with Gasteiger partial charge in [-0.15, -0.1) is 0 Å². The highest BCUT2D eigenvalue weighted by atomic mass is 19.1. The van der Waals surface area contributed by atoms with Crippen molar-refractivity contribution in [3.63, 3.8) is 0 Å². The number of anilines is 2. The van der Waals surface area contributed by atoms with Crippen LogP contribution in [0.25, 0.3) is 0 Å². The molecule has 4 aromatic rings. The number of nitro benzene ring substituents is 2. The molecule has 0 saturated heterocycles. The van der Waals surface area contributed by atoms with Crippen molar-refractivity contribution in [2.24, 2.45) is 5.73 Å². The van der Waals surface area contributed by atoms with Crippen LogP contribution in [0.1, 0.15) is 31.8 Å². The van der Waals surface area contributed by atoms with E-state index in [0.29, 0.717) is 35.6 Å². The summed E-state index contributed by atoms with van der Waals surface area (Å²) in [6, 6.07) is 16.1. The number of hydrogen-bond acceptors (Lipinski definition) is 11. The molecule has 4 aromatic carbocycles. The zero-order valence-electron chi connectivity index (χ0n) is 26.4. The number of aromatic carboxylic acids is 1. The molecular weight excluding hydrogens is 650 g/mol. The molecular formula is C32H34F2N6O9. The van der Waals surface area contributed by atoms with Gasteiger partial charge in [-0.05, 0) is 54.8 Å². The number of hydrogen-bond donors (Lipinski definition) is 5. The van der Waals surface area contributed by atoms with Crippen LogP contribution in [0.15, 0.2) is 72.8 Å². The highest BCUT2D eigenvalue weighted by Gasteiger charge is 2.15. The predicted molar refractivity (Wildman–Crippen MR) is 177 cm³/mol. The SMILES string of the molecule is COc1ccc(CCN)c(F)c1.COc1ccc(CCNC(=O)c2ccc([N+](=O)[O-])cc2N)c(F)c1.Nc1cc([N+](=O)[O-])ccc1C(=O)O. The third kappa shape index (κ3) is 11.7. The molecule has 1 amide bonds. The first-order valence-corrected chi connectivity index (χ1v) is 14.2. The minimum Gasteiger partial charge on any atom is -0.497 e. The largest absolute Gasteiger partial charge is 0.497 e. The van der Waals surface area contributed by atoms with Crippen molar-refractivity contribution in [3.8, 4) is 11.5 Å². The van der Waals surface area contributed by atoms with Gasteiger partial charge in [-0.1, -0.05) is 12.1 Å². The lowest BCUT2D eigenvalue weighted by Crippen LogP contribution is -2.26. The van der Waals surface area contributed by atoms with Gasteiger partial charge in [0.25, 0.3) is 17.3 Å². The van der Waals surface area contributed by atoms with E-state index in [4.69, 9.17) is 31.8 Å². The Morgan fingerprint density at radius 1 is 0.755 bits per heavy atom. The summed E-state index contributed by atoms with van der Waals surface area (Å²) in [5.41, 5.74) is 16.8. The van der Waals surface area contributed by atoms with Gasteiger partial charge < -0.3 is 37.1 Å². The van der Waals surface area contributed by atoms with Gasteiger partial charge >= 0.3 is 5.97 Å². The van der Waals surface area contributed by atoms with Gasteiger partial charge in [0, 0.05) is 42.9 Å². The molecule has 0 aliphatic carbocycles. The summed E-state index contributed by atoms with van der Waals surface area (Å²) in [7, 11) is 2.96. The summed E-state index contributed by atoms with van der Waals surface area (Å²) in [5.74, 6) is -1.39. The Balaban J connectivity index is 0.000000281. The number of benzene rings is 4. The highest BCUT2D eigenvalue weighted by molar-refractivity contribution is 5.99. The van der Waals surface area contributed by atoms with E-state index >= 15 is 0 Å². The number of non-ortho nitro benzene ring substituents is 2. The molecule has 260 valence electrons. The van der Waals surface area contributed by atoms with Crippen LogP contribution in [-0.4, -0.2) is 54.1 Å². The monoisotopic (exact) mass is 684 g/mol. The third-order valence-electron chi connectivity index (χ3n) is 6.58. The normalized spacial score (nSPS) is 9.98. The number of carbonyl (C=O) groups excluding carboxylic acids is 1. The lowest BCUT2D eigenvalue weighted by atomic mass is 10.1. The summed E-state index contributed by atoms with van der Waals surface area (Å²) >= 11 is 0. The molecule has 8 N–H and O–H groups in total. The Bertz CT molecular complexity index is 1810. The van der Waals surface area contributed by atoms with Gasteiger partial charge in [-0.2, -0.15) is 0 Å². The number of carboxylic acids is 1. The maximum absolute atomic E-state index is 13.8. The van der Waals surface area contributed by atoms with Crippen molar-refractivity contribution in [2.45, 2.75) is 12.8 Å². The number of carbonyl (C=O) groups is 2. The van der Waals surface area contributed by atoms with Crippen LogP contribution in [0.5, 0.6) is 11.5 Å². The van der Waals surface area contributed by atoms with Crippen LogP contribution in [0, 0.1) is 31.9 Å². The smallest absolute Gasteiger partial charge is 0.337 e. The minimum absolute atomic E-state index is 0.0114. The van der Waals surface area contributed by atoms with Crippen LogP contribution < -0.4 is 32.0 Å². The summed E-state index contributed by atoms with van der Waals surface area (Å²) in [5, 5.41) is 32.0. The van der Waals surface area contributed by atoms with Crippen molar-refractivity contribution < 1.29 is 42.8 Å². The molecule has 0 aliphatic heterocycles. The number of nitrogen functional groups attached to an aromatic ring is 2. The summed E-state index contributed by atoms with van der Waals surface area (Å²) in [6.45, 7) is 0.655. The fraction of sp³-hybridized carbons (Fsp3) is 0.188. The van der Waals surface area contributed by atoms with Crippen molar-refractivity contribution in [2.75, 3.05) is 38.8 Å². The molecule has 0 radical (unpaired) electrons. The van der Waals surface area contributed by atoms with Crippen LogP contribution >= 0.6 is 0 Å². The van der Waals surface area contributed by atoms with Crippen LogP contribution in [0.2, 0.25) is 0 Å². The van der Waals surface area contributed by atoms with Gasteiger partial charge in [0.05, 0.1) is 46.6 Å². The van der Waals surface area contributed by atoms with E-state index in [9.17, 15) is 38.6 Å². The highest BCUT2D eigenvalue weighted by Crippen LogP contribution is 2.21. The Morgan fingerprint density at radius 2 is 1.20 bits per heavy atom. The molecule has 0 aromatic heterocycles. The number of nitro groups is 2.